The molecule has 12 heteroatoms. The Labute approximate surface area is 227 Å². The van der Waals surface area contributed by atoms with Crippen molar-refractivity contribution in [1.29, 1.82) is 0 Å². The first-order chi connectivity index (χ1) is 18.5. The molecular formula is C26H26N4O6S2. The normalized spacial score (nSPS) is 19.6. The predicted octanol–water partition coefficient (Wildman–Crippen LogP) is 2.95. The van der Waals surface area contributed by atoms with Crippen LogP contribution in [-0.2, 0) is 19.1 Å². The Morgan fingerprint density at radius 3 is 1.45 bits per heavy atom. The number of hydrogen-bond acceptors (Lipinski definition) is 10. The first kappa shape index (κ1) is 27.5. The van der Waals surface area contributed by atoms with Crippen molar-refractivity contribution in [3.8, 4) is 11.5 Å². The van der Waals surface area contributed by atoms with Gasteiger partial charge in [0.1, 0.15) is 11.5 Å². The maximum atomic E-state index is 12.1. The Balaban J connectivity index is 1.07. The highest BCUT2D eigenvalue weighted by Gasteiger charge is 2.24. The van der Waals surface area contributed by atoms with Crippen molar-refractivity contribution in [1.82, 2.24) is 10.6 Å². The maximum absolute atomic E-state index is 12.1. The van der Waals surface area contributed by atoms with Gasteiger partial charge >= 0.3 is 0 Å². The van der Waals surface area contributed by atoms with Crippen molar-refractivity contribution in [2.24, 2.45) is 9.98 Å². The molecule has 2 aliphatic rings. The highest BCUT2D eigenvalue weighted by Crippen LogP contribution is 2.27. The summed E-state index contributed by atoms with van der Waals surface area (Å²) in [5, 5.41) is 25.2. The van der Waals surface area contributed by atoms with Crippen LogP contribution in [0.3, 0.4) is 0 Å². The molecule has 4 rings (SSSR count). The number of phenolic OH excluding ortho intramolecular Hbond substituents is 2. The smallest absolute Gasteiger partial charge is 0.264 e. The van der Waals surface area contributed by atoms with Gasteiger partial charge in [0.05, 0.1) is 49.3 Å². The summed E-state index contributed by atoms with van der Waals surface area (Å²) in [4.78, 5) is 34.0. The lowest BCUT2D eigenvalue weighted by Gasteiger charge is -2.04. The van der Waals surface area contributed by atoms with Crippen LogP contribution >= 0.6 is 23.5 Å². The fraction of sp³-hybridized carbons (Fsp3) is 0.231. The van der Waals surface area contributed by atoms with Gasteiger partial charge in [-0.05, 0) is 71.1 Å². The number of aromatic hydroxyl groups is 2. The fourth-order valence-electron chi connectivity index (χ4n) is 3.19. The van der Waals surface area contributed by atoms with E-state index < -0.39 is 0 Å². The van der Waals surface area contributed by atoms with Crippen molar-refractivity contribution >= 4 is 57.8 Å². The first-order valence-electron chi connectivity index (χ1n) is 11.7. The highest BCUT2D eigenvalue weighted by atomic mass is 32.2. The van der Waals surface area contributed by atoms with Crippen LogP contribution in [0.2, 0.25) is 0 Å². The van der Waals surface area contributed by atoms with Gasteiger partial charge in [-0.15, -0.1) is 0 Å². The second-order valence-electron chi connectivity index (χ2n) is 7.91. The largest absolute Gasteiger partial charge is 0.508 e. The molecule has 2 saturated heterocycles. The van der Waals surface area contributed by atoms with Crippen LogP contribution in [0.25, 0.3) is 12.2 Å². The lowest BCUT2D eigenvalue weighted by Crippen LogP contribution is -2.20. The number of phenols is 2. The predicted molar refractivity (Wildman–Crippen MR) is 150 cm³/mol. The SMILES string of the molecule is O=C1NC(=NCCOCCOCCN=C2NC(=O)/C(=C/c3ccc(O)cc3)S2)S/C1=C\c1ccc(O)cc1. The zero-order chi connectivity index (χ0) is 26.7. The summed E-state index contributed by atoms with van der Waals surface area (Å²) in [6, 6.07) is 13.2. The van der Waals surface area contributed by atoms with E-state index in [9.17, 15) is 19.8 Å². The molecule has 4 N–H and O–H groups in total. The van der Waals surface area contributed by atoms with E-state index in [1.54, 1.807) is 60.7 Å². The molecule has 2 aromatic rings. The minimum absolute atomic E-state index is 0.172. The number of thioether (sulfide) groups is 2. The Bertz CT molecular complexity index is 1170. The van der Waals surface area contributed by atoms with E-state index in [1.807, 2.05) is 0 Å². The van der Waals surface area contributed by atoms with Gasteiger partial charge in [-0.2, -0.15) is 0 Å². The number of benzene rings is 2. The van der Waals surface area contributed by atoms with Crippen LogP contribution in [0, 0.1) is 0 Å². The number of nitrogens with one attached hydrogen (secondary N) is 2. The van der Waals surface area contributed by atoms with Crippen molar-refractivity contribution < 1.29 is 29.3 Å². The molecule has 198 valence electrons. The van der Waals surface area contributed by atoms with E-state index in [2.05, 4.69) is 20.6 Å². The highest BCUT2D eigenvalue weighted by molar-refractivity contribution is 8.19. The molecule has 0 unspecified atom stereocenters. The van der Waals surface area contributed by atoms with Crippen LogP contribution in [0.4, 0.5) is 0 Å². The molecule has 0 bridgehead atoms. The zero-order valence-corrected chi connectivity index (χ0v) is 21.9. The fourth-order valence-corrected chi connectivity index (χ4v) is 4.89. The number of hydrogen-bond donors (Lipinski definition) is 4. The van der Waals surface area contributed by atoms with Gasteiger partial charge < -0.3 is 30.3 Å². The molecule has 2 aromatic carbocycles. The molecule has 0 spiro atoms. The van der Waals surface area contributed by atoms with E-state index in [0.717, 1.165) is 11.1 Å². The number of carbonyl (C=O) groups is 2. The summed E-state index contributed by atoms with van der Waals surface area (Å²) >= 11 is 2.52. The van der Waals surface area contributed by atoms with Crippen LogP contribution in [0.1, 0.15) is 11.1 Å². The number of ether oxygens (including phenoxy) is 2. The molecule has 10 nitrogen and oxygen atoms in total. The summed E-state index contributed by atoms with van der Waals surface area (Å²) in [5.74, 6) is -0.0733. The zero-order valence-electron chi connectivity index (χ0n) is 20.3. The second kappa shape index (κ2) is 13.8. The Morgan fingerprint density at radius 2 is 1.05 bits per heavy atom. The number of rotatable bonds is 11. The Morgan fingerprint density at radius 1 is 0.658 bits per heavy atom. The molecule has 2 heterocycles. The molecule has 0 radical (unpaired) electrons. The first-order valence-corrected chi connectivity index (χ1v) is 13.3. The standard InChI is InChI=1S/C26H26N4O6S2/c31-19-5-1-17(2-6-19)15-21-23(33)29-25(37-21)27-9-11-35-13-14-36-12-10-28-26-30-24(34)22(38-26)16-18-3-7-20(32)8-4-18/h1-8,15-16,31-32H,9-14H2,(H,27,29,33)(H,28,30,34)/b21-15-,22-16-. The summed E-state index contributed by atoms with van der Waals surface area (Å²) in [7, 11) is 0. The molecule has 0 atom stereocenters. The van der Waals surface area contributed by atoms with Crippen molar-refractivity contribution in [3.63, 3.8) is 0 Å². The minimum atomic E-state index is -0.208. The van der Waals surface area contributed by atoms with Gasteiger partial charge in [-0.3, -0.25) is 19.6 Å². The van der Waals surface area contributed by atoms with Gasteiger partial charge in [-0.25, -0.2) is 0 Å². The van der Waals surface area contributed by atoms with Crippen molar-refractivity contribution in [3.05, 3.63) is 69.5 Å². The van der Waals surface area contributed by atoms with E-state index in [1.165, 1.54) is 23.5 Å². The quantitative estimate of drug-likeness (QED) is 0.245. The Kier molecular flexibility index (Phi) is 9.98. The van der Waals surface area contributed by atoms with Gasteiger partial charge in [0.15, 0.2) is 10.3 Å². The topological polar surface area (TPSA) is 142 Å². The lowest BCUT2D eigenvalue weighted by atomic mass is 10.2. The molecule has 0 aliphatic carbocycles. The molecule has 0 saturated carbocycles. The average Bonchev–Trinajstić information content (AvgIpc) is 3.43. The van der Waals surface area contributed by atoms with Gasteiger partial charge in [-0.1, -0.05) is 24.3 Å². The van der Waals surface area contributed by atoms with E-state index in [-0.39, 0.29) is 23.3 Å². The third-order valence-corrected chi connectivity index (χ3v) is 6.93. The van der Waals surface area contributed by atoms with Crippen LogP contribution in [-0.4, -0.2) is 71.9 Å². The molecule has 2 fully saturated rings. The van der Waals surface area contributed by atoms with Crippen LogP contribution in [0.15, 0.2) is 68.3 Å². The summed E-state index contributed by atoms with van der Waals surface area (Å²) in [5.41, 5.74) is 1.63. The van der Waals surface area contributed by atoms with Gasteiger partial charge in [0.2, 0.25) is 0 Å². The number of nitrogens with zero attached hydrogens (tertiary/aromatic N) is 2. The average molecular weight is 555 g/mol. The molecule has 2 aliphatic heterocycles. The van der Waals surface area contributed by atoms with E-state index >= 15 is 0 Å². The summed E-state index contributed by atoms with van der Waals surface area (Å²) < 4.78 is 11.0. The maximum Gasteiger partial charge on any atom is 0.264 e. The molecule has 38 heavy (non-hydrogen) atoms. The number of amides is 2. The van der Waals surface area contributed by atoms with E-state index in [0.29, 0.717) is 59.7 Å². The van der Waals surface area contributed by atoms with Gasteiger partial charge in [0, 0.05) is 0 Å². The molecule has 2 amide bonds. The molecule has 0 aromatic heterocycles. The van der Waals surface area contributed by atoms with Crippen LogP contribution in [0.5, 0.6) is 11.5 Å². The monoisotopic (exact) mass is 554 g/mol. The second-order valence-corrected chi connectivity index (χ2v) is 9.97. The summed E-state index contributed by atoms with van der Waals surface area (Å²) in [6.07, 6.45) is 3.49. The van der Waals surface area contributed by atoms with Crippen LogP contribution < -0.4 is 10.6 Å². The molecular weight excluding hydrogens is 528 g/mol. The summed E-state index contributed by atoms with van der Waals surface area (Å²) in [6.45, 7) is 2.39. The van der Waals surface area contributed by atoms with Crippen molar-refractivity contribution in [2.45, 2.75) is 0 Å². The number of aliphatic imine (C=N–C) groups is 2. The lowest BCUT2D eigenvalue weighted by molar-refractivity contribution is -0.116. The third kappa shape index (κ3) is 8.48. The van der Waals surface area contributed by atoms with Crippen molar-refractivity contribution in [2.75, 3.05) is 39.5 Å². The third-order valence-electron chi connectivity index (χ3n) is 5.04. The minimum Gasteiger partial charge on any atom is -0.508 e. The number of amidine groups is 2. The Hall–Kier alpha value is -3.58. The van der Waals surface area contributed by atoms with E-state index in [4.69, 9.17) is 9.47 Å². The number of carbonyl (C=O) groups excluding carboxylic acids is 2. The van der Waals surface area contributed by atoms with Gasteiger partial charge in [0.25, 0.3) is 11.8 Å².